The second-order valence-electron chi connectivity index (χ2n) is 8.35. The average Bonchev–Trinajstić information content (AvgIpc) is 2.72. The van der Waals surface area contributed by atoms with Crippen LogP contribution in [0.3, 0.4) is 0 Å². The molecule has 0 N–H and O–H groups in total. The number of allylic oxidation sites excluding steroid dienone is 1. The lowest BCUT2D eigenvalue weighted by Crippen LogP contribution is -2.46. The molecule has 3 aliphatic rings. The van der Waals surface area contributed by atoms with Gasteiger partial charge in [0.15, 0.2) is 12.6 Å². The van der Waals surface area contributed by atoms with Crippen molar-refractivity contribution in [2.24, 2.45) is 23.7 Å². The van der Waals surface area contributed by atoms with Crippen molar-refractivity contribution in [1.82, 2.24) is 0 Å². The zero-order chi connectivity index (χ0) is 19.1. The summed E-state index contributed by atoms with van der Waals surface area (Å²) in [5.41, 5.74) is 0. The summed E-state index contributed by atoms with van der Waals surface area (Å²) < 4.78 is 48.3. The fourth-order valence-electron chi connectivity index (χ4n) is 4.40. The zero-order valence-corrected chi connectivity index (χ0v) is 16.4. The summed E-state index contributed by atoms with van der Waals surface area (Å²) in [5, 5.41) is 0. The van der Waals surface area contributed by atoms with Crippen LogP contribution in [0.5, 0.6) is 0 Å². The van der Waals surface area contributed by atoms with Gasteiger partial charge in [0, 0.05) is 11.8 Å². The van der Waals surface area contributed by atoms with Crippen molar-refractivity contribution < 1.29 is 27.7 Å². The van der Waals surface area contributed by atoms with E-state index in [-0.39, 0.29) is 18.5 Å². The van der Waals surface area contributed by atoms with Crippen molar-refractivity contribution in [3.8, 4) is 0 Å². The Morgan fingerprint density at radius 2 is 1.41 bits per heavy atom. The van der Waals surface area contributed by atoms with Gasteiger partial charge in [0.25, 0.3) is 6.08 Å². The van der Waals surface area contributed by atoms with E-state index in [9.17, 15) is 8.78 Å². The first-order valence-corrected chi connectivity index (χ1v) is 10.6. The van der Waals surface area contributed by atoms with E-state index in [0.29, 0.717) is 37.4 Å². The summed E-state index contributed by atoms with van der Waals surface area (Å²) >= 11 is 0. The average molecular weight is 388 g/mol. The Balaban J connectivity index is 1.33. The molecule has 2 saturated heterocycles. The van der Waals surface area contributed by atoms with Crippen LogP contribution in [-0.2, 0) is 18.9 Å². The second kappa shape index (κ2) is 10.8. The van der Waals surface area contributed by atoms with Gasteiger partial charge in [-0.15, -0.1) is 0 Å². The molecule has 0 amide bonds. The molecule has 0 aromatic carbocycles. The number of hydrogen-bond donors (Lipinski definition) is 0. The molecule has 1 saturated carbocycles. The van der Waals surface area contributed by atoms with Crippen LogP contribution < -0.4 is 0 Å². The van der Waals surface area contributed by atoms with Gasteiger partial charge < -0.3 is 18.9 Å². The number of hydrogen-bond acceptors (Lipinski definition) is 4. The molecule has 156 valence electrons. The van der Waals surface area contributed by atoms with Crippen LogP contribution in [0.25, 0.3) is 0 Å². The molecular formula is C21H34F2O4. The van der Waals surface area contributed by atoms with Crippen LogP contribution in [-0.4, -0.2) is 39.0 Å². The highest BCUT2D eigenvalue weighted by molar-refractivity contribution is 4.86. The van der Waals surface area contributed by atoms with Crippen molar-refractivity contribution in [2.45, 2.75) is 70.9 Å². The van der Waals surface area contributed by atoms with Crippen molar-refractivity contribution in [3.05, 3.63) is 12.2 Å². The number of ether oxygens (including phenoxy) is 4. The molecule has 3 fully saturated rings. The molecule has 27 heavy (non-hydrogen) atoms. The third-order valence-corrected chi connectivity index (χ3v) is 6.17. The van der Waals surface area contributed by atoms with Crippen molar-refractivity contribution in [3.63, 3.8) is 0 Å². The van der Waals surface area contributed by atoms with Gasteiger partial charge >= 0.3 is 0 Å². The first kappa shape index (κ1) is 21.2. The maximum absolute atomic E-state index is 12.2. The lowest BCUT2D eigenvalue weighted by atomic mass is 9.80. The Labute approximate surface area is 161 Å². The largest absolute Gasteiger partial charge is 0.352 e. The van der Waals surface area contributed by atoms with Gasteiger partial charge in [0.1, 0.15) is 0 Å². The highest BCUT2D eigenvalue weighted by Gasteiger charge is 2.37. The van der Waals surface area contributed by atoms with Crippen LogP contribution in [0.2, 0.25) is 0 Å². The van der Waals surface area contributed by atoms with Crippen LogP contribution >= 0.6 is 0 Å². The van der Waals surface area contributed by atoms with Crippen LogP contribution in [0.1, 0.15) is 58.3 Å². The minimum atomic E-state index is -1.56. The molecule has 6 heteroatoms. The first-order chi connectivity index (χ1) is 13.2. The van der Waals surface area contributed by atoms with Crippen LogP contribution in [0.4, 0.5) is 8.78 Å². The molecule has 0 unspecified atom stereocenters. The number of unbranched alkanes of at least 4 members (excludes halogenated alkanes) is 1. The van der Waals surface area contributed by atoms with Crippen molar-refractivity contribution >= 4 is 0 Å². The van der Waals surface area contributed by atoms with Gasteiger partial charge in [-0.1, -0.05) is 19.8 Å². The Bertz CT molecular complexity index is 445. The molecule has 2 aliphatic heterocycles. The van der Waals surface area contributed by atoms with E-state index >= 15 is 0 Å². The van der Waals surface area contributed by atoms with E-state index in [1.807, 2.05) is 0 Å². The van der Waals surface area contributed by atoms with Crippen LogP contribution in [0.15, 0.2) is 12.2 Å². The van der Waals surface area contributed by atoms with Gasteiger partial charge in [-0.25, -0.2) is 0 Å². The summed E-state index contributed by atoms with van der Waals surface area (Å²) in [6.45, 7) is 4.94. The third-order valence-electron chi connectivity index (χ3n) is 6.17. The highest BCUT2D eigenvalue weighted by Crippen LogP contribution is 2.36. The molecule has 0 radical (unpaired) electrons. The lowest BCUT2D eigenvalue weighted by molar-refractivity contribution is -0.291. The van der Waals surface area contributed by atoms with Gasteiger partial charge in [0.2, 0.25) is 0 Å². The van der Waals surface area contributed by atoms with E-state index in [0.717, 1.165) is 45.0 Å². The topological polar surface area (TPSA) is 36.9 Å². The molecule has 0 aromatic rings. The summed E-state index contributed by atoms with van der Waals surface area (Å²) in [5.74, 6) is 1.37. The molecule has 0 bridgehead atoms. The maximum atomic E-state index is 12.2. The lowest BCUT2D eigenvalue weighted by Gasteiger charge is -2.40. The smallest absolute Gasteiger partial charge is 0.266 e. The first-order valence-electron chi connectivity index (χ1n) is 10.6. The standard InChI is InChI=1S/C21H34F2O4/c1-2-3-4-16-11-24-21(25-12-16)18-13-26-20(27-14-18)17-8-5-15(6-9-17)7-10-19(22)23/h10,15-18,20-21H,2-9,11-14H2,1H3. The van der Waals surface area contributed by atoms with Gasteiger partial charge in [-0.2, -0.15) is 8.78 Å². The van der Waals surface area contributed by atoms with E-state index < -0.39 is 6.08 Å². The normalized spacial score (nSPS) is 37.7. The second-order valence-corrected chi connectivity index (χ2v) is 8.35. The summed E-state index contributed by atoms with van der Waals surface area (Å²) in [4.78, 5) is 0. The number of rotatable bonds is 7. The van der Waals surface area contributed by atoms with Gasteiger partial charge in [-0.05, 0) is 50.5 Å². The van der Waals surface area contributed by atoms with E-state index in [2.05, 4.69) is 6.92 Å². The monoisotopic (exact) mass is 388 g/mol. The van der Waals surface area contributed by atoms with E-state index in [4.69, 9.17) is 18.9 Å². The molecular weight excluding hydrogens is 354 g/mol. The molecule has 2 heterocycles. The predicted octanol–water partition coefficient (Wildman–Crippen LogP) is 5.13. The summed E-state index contributed by atoms with van der Waals surface area (Å²) in [7, 11) is 0. The molecule has 1 aliphatic carbocycles. The molecule has 4 nitrogen and oxygen atoms in total. The van der Waals surface area contributed by atoms with Crippen LogP contribution in [0, 0.1) is 23.7 Å². The third kappa shape index (κ3) is 6.48. The quantitative estimate of drug-likeness (QED) is 0.606. The Morgan fingerprint density at radius 1 is 0.815 bits per heavy atom. The highest BCUT2D eigenvalue weighted by atomic mass is 19.3. The Kier molecular flexibility index (Phi) is 8.49. The summed E-state index contributed by atoms with van der Waals surface area (Å²) in [6, 6.07) is 0. The zero-order valence-electron chi connectivity index (χ0n) is 16.4. The summed E-state index contributed by atoms with van der Waals surface area (Å²) in [6.07, 6.45) is 7.08. The predicted molar refractivity (Wildman–Crippen MR) is 98.3 cm³/mol. The van der Waals surface area contributed by atoms with Gasteiger partial charge in [-0.3, -0.25) is 0 Å². The molecule has 3 rings (SSSR count). The molecule has 0 spiro atoms. The van der Waals surface area contributed by atoms with E-state index in [1.165, 1.54) is 19.3 Å². The Morgan fingerprint density at radius 3 is 2.00 bits per heavy atom. The minimum absolute atomic E-state index is 0.127. The fourth-order valence-corrected chi connectivity index (χ4v) is 4.40. The Hall–Kier alpha value is -0.560. The van der Waals surface area contributed by atoms with E-state index in [1.54, 1.807) is 0 Å². The minimum Gasteiger partial charge on any atom is -0.352 e. The van der Waals surface area contributed by atoms with Gasteiger partial charge in [0.05, 0.1) is 32.3 Å². The SMILES string of the molecule is CCCCC1COC(C2COC(C3CCC(CC=C(F)F)CC3)OC2)OC1. The number of halogens is 2. The molecule has 0 aromatic heterocycles. The maximum Gasteiger partial charge on any atom is 0.266 e. The van der Waals surface area contributed by atoms with Crippen molar-refractivity contribution in [2.75, 3.05) is 26.4 Å². The van der Waals surface area contributed by atoms with Crippen molar-refractivity contribution in [1.29, 1.82) is 0 Å². The fraction of sp³-hybridized carbons (Fsp3) is 0.905. The molecule has 0 atom stereocenters.